The molecule has 4 N–H and O–H groups in total. The SMILES string of the molecule is NC(=O)CC1(CC(N)c2cc(Br)c(Br)s2)CCCC1. The molecule has 0 aliphatic heterocycles. The van der Waals surface area contributed by atoms with Crippen molar-refractivity contribution in [2.24, 2.45) is 16.9 Å². The highest BCUT2D eigenvalue weighted by Crippen LogP contribution is 2.48. The minimum absolute atomic E-state index is 0.0220. The summed E-state index contributed by atoms with van der Waals surface area (Å²) in [5, 5.41) is 0. The second-order valence-electron chi connectivity index (χ2n) is 5.43. The molecule has 1 aromatic heterocycles. The number of carbonyl (C=O) groups is 1. The Morgan fingerprint density at radius 1 is 1.42 bits per heavy atom. The Morgan fingerprint density at radius 3 is 2.53 bits per heavy atom. The van der Waals surface area contributed by atoms with E-state index in [1.54, 1.807) is 11.3 Å². The van der Waals surface area contributed by atoms with Crippen LogP contribution in [0.2, 0.25) is 0 Å². The van der Waals surface area contributed by atoms with Crippen molar-refractivity contribution in [1.29, 1.82) is 0 Å². The fourth-order valence-electron chi connectivity index (χ4n) is 3.06. The van der Waals surface area contributed by atoms with Crippen molar-refractivity contribution in [3.63, 3.8) is 0 Å². The average molecular weight is 410 g/mol. The van der Waals surface area contributed by atoms with Gasteiger partial charge in [0.15, 0.2) is 0 Å². The molecule has 3 nitrogen and oxygen atoms in total. The minimum atomic E-state index is -0.206. The van der Waals surface area contributed by atoms with E-state index in [4.69, 9.17) is 11.5 Å². The average Bonchev–Trinajstić information content (AvgIpc) is 2.87. The molecule has 19 heavy (non-hydrogen) atoms. The zero-order chi connectivity index (χ0) is 14.0. The van der Waals surface area contributed by atoms with Crippen molar-refractivity contribution in [1.82, 2.24) is 0 Å². The van der Waals surface area contributed by atoms with Gasteiger partial charge in [-0.3, -0.25) is 4.79 Å². The van der Waals surface area contributed by atoms with E-state index < -0.39 is 0 Å². The minimum Gasteiger partial charge on any atom is -0.370 e. The Hall–Kier alpha value is 0.0900. The maximum Gasteiger partial charge on any atom is 0.217 e. The van der Waals surface area contributed by atoms with Crippen LogP contribution in [0.25, 0.3) is 0 Å². The van der Waals surface area contributed by atoms with E-state index in [2.05, 4.69) is 37.9 Å². The van der Waals surface area contributed by atoms with E-state index in [0.717, 1.165) is 32.4 Å². The van der Waals surface area contributed by atoms with Crippen LogP contribution in [0.3, 0.4) is 0 Å². The first-order chi connectivity index (χ1) is 8.92. The van der Waals surface area contributed by atoms with Crippen molar-refractivity contribution < 1.29 is 4.79 Å². The third-order valence-electron chi connectivity index (χ3n) is 3.90. The molecule has 1 atom stereocenters. The summed E-state index contributed by atoms with van der Waals surface area (Å²) >= 11 is 8.63. The van der Waals surface area contributed by atoms with Crippen LogP contribution in [0.15, 0.2) is 14.3 Å². The van der Waals surface area contributed by atoms with E-state index >= 15 is 0 Å². The molecule has 0 spiro atoms. The highest BCUT2D eigenvalue weighted by molar-refractivity contribution is 9.13. The maximum absolute atomic E-state index is 11.3. The molecule has 0 radical (unpaired) electrons. The van der Waals surface area contributed by atoms with E-state index in [1.165, 1.54) is 12.8 Å². The van der Waals surface area contributed by atoms with Gasteiger partial charge in [-0.1, -0.05) is 12.8 Å². The second-order valence-corrected chi connectivity index (χ2v) is 8.69. The number of primary amides is 1. The first kappa shape index (κ1) is 15.5. The van der Waals surface area contributed by atoms with Crippen LogP contribution >= 0.6 is 43.2 Å². The molecule has 1 fully saturated rings. The zero-order valence-electron chi connectivity index (χ0n) is 10.6. The molecule has 1 aliphatic rings. The summed E-state index contributed by atoms with van der Waals surface area (Å²) in [4.78, 5) is 12.5. The van der Waals surface area contributed by atoms with Crippen LogP contribution in [0.5, 0.6) is 0 Å². The quantitative estimate of drug-likeness (QED) is 0.768. The van der Waals surface area contributed by atoms with Crippen LogP contribution in [0.4, 0.5) is 0 Å². The normalized spacial score (nSPS) is 19.5. The number of nitrogens with two attached hydrogens (primary N) is 2. The van der Waals surface area contributed by atoms with Gasteiger partial charge in [-0.2, -0.15) is 0 Å². The second kappa shape index (κ2) is 6.24. The van der Waals surface area contributed by atoms with Crippen molar-refractivity contribution in [2.45, 2.75) is 44.6 Å². The van der Waals surface area contributed by atoms with Crippen LogP contribution in [-0.4, -0.2) is 5.91 Å². The van der Waals surface area contributed by atoms with E-state index in [9.17, 15) is 4.79 Å². The fourth-order valence-corrected chi connectivity index (χ4v) is 5.15. The summed E-state index contributed by atoms with van der Waals surface area (Å²) in [6.45, 7) is 0. The number of carbonyl (C=O) groups excluding carboxylic acids is 1. The lowest BCUT2D eigenvalue weighted by Crippen LogP contribution is -2.29. The topological polar surface area (TPSA) is 69.1 Å². The zero-order valence-corrected chi connectivity index (χ0v) is 14.6. The van der Waals surface area contributed by atoms with Crippen LogP contribution in [0.1, 0.15) is 49.4 Å². The first-order valence-electron chi connectivity index (χ1n) is 6.40. The summed E-state index contributed by atoms with van der Waals surface area (Å²) in [6.07, 6.45) is 5.80. The summed E-state index contributed by atoms with van der Waals surface area (Å²) in [5.74, 6) is -0.206. The monoisotopic (exact) mass is 408 g/mol. The Bertz CT molecular complexity index is 450. The van der Waals surface area contributed by atoms with Gasteiger partial charge in [0.2, 0.25) is 5.91 Å². The summed E-state index contributed by atoms with van der Waals surface area (Å²) < 4.78 is 2.10. The lowest BCUT2D eigenvalue weighted by Gasteiger charge is -2.30. The van der Waals surface area contributed by atoms with E-state index in [1.807, 2.05) is 0 Å². The van der Waals surface area contributed by atoms with Gasteiger partial charge in [0.25, 0.3) is 0 Å². The molecule has 0 aromatic carbocycles. The number of amides is 1. The van der Waals surface area contributed by atoms with Gasteiger partial charge in [-0.15, -0.1) is 11.3 Å². The van der Waals surface area contributed by atoms with Crippen molar-refractivity contribution in [3.8, 4) is 0 Å². The molecular weight excluding hydrogens is 392 g/mol. The molecular formula is C13H18Br2N2OS. The highest BCUT2D eigenvalue weighted by atomic mass is 79.9. The molecule has 0 bridgehead atoms. The lowest BCUT2D eigenvalue weighted by atomic mass is 9.77. The van der Waals surface area contributed by atoms with Crippen LogP contribution < -0.4 is 11.5 Å². The third-order valence-corrected chi connectivity index (χ3v) is 7.28. The summed E-state index contributed by atoms with van der Waals surface area (Å²) in [5.41, 5.74) is 11.8. The van der Waals surface area contributed by atoms with Gasteiger partial charge in [-0.05, 0) is 62.6 Å². The van der Waals surface area contributed by atoms with E-state index in [-0.39, 0.29) is 17.4 Å². The number of hydrogen-bond acceptors (Lipinski definition) is 3. The smallest absolute Gasteiger partial charge is 0.217 e. The number of halogens is 2. The van der Waals surface area contributed by atoms with Gasteiger partial charge in [0, 0.05) is 21.8 Å². The molecule has 0 saturated heterocycles. The predicted octanol–water partition coefficient (Wildman–Crippen LogP) is 4.10. The Balaban J connectivity index is 2.10. The lowest BCUT2D eigenvalue weighted by molar-refractivity contribution is -0.120. The molecule has 1 unspecified atom stereocenters. The summed E-state index contributed by atoms with van der Waals surface area (Å²) in [6, 6.07) is 2.04. The molecule has 1 heterocycles. The standard InChI is InChI=1S/C13H18Br2N2OS/c14-8-5-10(19-12(8)15)9(16)6-13(7-11(17)18)3-1-2-4-13/h5,9H,1-4,6-7,16H2,(H2,17,18). The fraction of sp³-hybridized carbons (Fsp3) is 0.615. The molecule has 1 aliphatic carbocycles. The third kappa shape index (κ3) is 3.80. The van der Waals surface area contributed by atoms with Crippen molar-refractivity contribution >= 4 is 49.1 Å². The van der Waals surface area contributed by atoms with Gasteiger partial charge < -0.3 is 11.5 Å². The van der Waals surface area contributed by atoms with E-state index in [0.29, 0.717) is 6.42 Å². The number of rotatable bonds is 5. The molecule has 6 heteroatoms. The Labute approximate surface area is 134 Å². The predicted molar refractivity (Wildman–Crippen MR) is 86.0 cm³/mol. The number of thiophene rings is 1. The highest BCUT2D eigenvalue weighted by Gasteiger charge is 2.37. The van der Waals surface area contributed by atoms with Crippen LogP contribution in [0, 0.1) is 5.41 Å². The largest absolute Gasteiger partial charge is 0.370 e. The molecule has 1 aromatic rings. The molecule has 2 rings (SSSR count). The van der Waals surface area contributed by atoms with Crippen molar-refractivity contribution in [2.75, 3.05) is 0 Å². The van der Waals surface area contributed by atoms with Gasteiger partial charge in [-0.25, -0.2) is 0 Å². The van der Waals surface area contributed by atoms with Gasteiger partial charge in [0.05, 0.1) is 3.79 Å². The Kier molecular flexibility index (Phi) is 5.09. The number of hydrogen-bond donors (Lipinski definition) is 2. The van der Waals surface area contributed by atoms with Gasteiger partial charge in [0.1, 0.15) is 0 Å². The molecule has 106 valence electrons. The van der Waals surface area contributed by atoms with Crippen LogP contribution in [-0.2, 0) is 4.79 Å². The first-order valence-corrected chi connectivity index (χ1v) is 8.81. The molecule has 1 saturated carbocycles. The summed E-state index contributed by atoms with van der Waals surface area (Å²) in [7, 11) is 0. The maximum atomic E-state index is 11.3. The molecule has 1 amide bonds. The van der Waals surface area contributed by atoms with Crippen molar-refractivity contribution in [3.05, 3.63) is 19.2 Å². The van der Waals surface area contributed by atoms with Gasteiger partial charge >= 0.3 is 0 Å². The Morgan fingerprint density at radius 2 is 2.05 bits per heavy atom.